The number of carbonyl (C=O) groups is 1. The van der Waals surface area contributed by atoms with Crippen LogP contribution in [0.4, 0.5) is 5.69 Å². The Hall–Kier alpha value is -1.30. The third-order valence-corrected chi connectivity index (χ3v) is 4.89. The lowest BCUT2D eigenvalue weighted by atomic mass is 9.87. The zero-order valence-corrected chi connectivity index (χ0v) is 13.6. The van der Waals surface area contributed by atoms with E-state index in [9.17, 15) is 4.79 Å². The highest BCUT2D eigenvalue weighted by Crippen LogP contribution is 2.36. The summed E-state index contributed by atoms with van der Waals surface area (Å²) in [5.41, 5.74) is 1.00. The molecule has 2 heterocycles. The largest absolute Gasteiger partial charge is 0.495 e. The second-order valence-corrected chi connectivity index (χ2v) is 6.72. The second-order valence-electron chi connectivity index (χ2n) is 6.28. The third-order valence-electron chi connectivity index (χ3n) is 4.65. The van der Waals surface area contributed by atoms with Gasteiger partial charge in [0.2, 0.25) is 5.91 Å². The molecule has 2 N–H and O–H groups in total. The Bertz CT molecular complexity index is 558. The van der Waals surface area contributed by atoms with Crippen LogP contribution < -0.4 is 15.4 Å². The highest BCUT2D eigenvalue weighted by atomic mass is 35.5. The normalized spacial score (nSPS) is 24.8. The molecule has 2 fully saturated rings. The van der Waals surface area contributed by atoms with Crippen molar-refractivity contribution in [3.63, 3.8) is 0 Å². The molecule has 0 aromatic heterocycles. The Morgan fingerprint density at radius 1 is 1.50 bits per heavy atom. The summed E-state index contributed by atoms with van der Waals surface area (Å²) in [5.74, 6) is 0.596. The van der Waals surface area contributed by atoms with Gasteiger partial charge in [-0.1, -0.05) is 11.6 Å². The van der Waals surface area contributed by atoms with Gasteiger partial charge in [-0.2, -0.15) is 0 Å². The van der Waals surface area contributed by atoms with E-state index in [4.69, 9.17) is 16.3 Å². The van der Waals surface area contributed by atoms with E-state index in [-0.39, 0.29) is 5.91 Å². The molecule has 2 aliphatic rings. The van der Waals surface area contributed by atoms with Crippen LogP contribution >= 0.6 is 11.6 Å². The number of nitrogens with one attached hydrogen (secondary N) is 2. The SMILES string of the molecule is COc1ccc(Cl)cc1NC(=O)CN1CCC2(CCNC2)C1. The van der Waals surface area contributed by atoms with Gasteiger partial charge in [0.15, 0.2) is 0 Å². The van der Waals surface area contributed by atoms with E-state index < -0.39 is 0 Å². The summed E-state index contributed by atoms with van der Waals surface area (Å²) in [6, 6.07) is 5.21. The Kier molecular flexibility index (Phi) is 4.57. The van der Waals surface area contributed by atoms with E-state index in [0.29, 0.717) is 28.4 Å². The van der Waals surface area contributed by atoms with Crippen LogP contribution in [0.2, 0.25) is 5.02 Å². The summed E-state index contributed by atoms with van der Waals surface area (Å²) < 4.78 is 5.25. The number of anilines is 1. The fourth-order valence-electron chi connectivity index (χ4n) is 3.48. The summed E-state index contributed by atoms with van der Waals surface area (Å²) >= 11 is 5.99. The van der Waals surface area contributed by atoms with Crippen LogP contribution in [-0.4, -0.2) is 50.6 Å². The lowest BCUT2D eigenvalue weighted by Gasteiger charge is -2.22. The number of hydrogen-bond acceptors (Lipinski definition) is 4. The van der Waals surface area contributed by atoms with Gasteiger partial charge < -0.3 is 15.4 Å². The molecule has 1 unspecified atom stereocenters. The number of benzene rings is 1. The van der Waals surface area contributed by atoms with Crippen molar-refractivity contribution in [2.24, 2.45) is 5.41 Å². The minimum absolute atomic E-state index is 0.0245. The summed E-state index contributed by atoms with van der Waals surface area (Å²) in [7, 11) is 1.58. The Morgan fingerprint density at radius 2 is 2.36 bits per heavy atom. The van der Waals surface area contributed by atoms with E-state index in [1.165, 1.54) is 12.8 Å². The van der Waals surface area contributed by atoms with Crippen LogP contribution in [0.25, 0.3) is 0 Å². The van der Waals surface area contributed by atoms with Crippen molar-refractivity contribution in [3.05, 3.63) is 23.2 Å². The highest BCUT2D eigenvalue weighted by Gasteiger charge is 2.40. The van der Waals surface area contributed by atoms with Crippen molar-refractivity contribution < 1.29 is 9.53 Å². The molecule has 1 aromatic carbocycles. The quantitative estimate of drug-likeness (QED) is 0.889. The molecule has 3 rings (SSSR count). The molecule has 1 spiro atoms. The maximum absolute atomic E-state index is 12.3. The number of likely N-dealkylation sites (tertiary alicyclic amines) is 1. The molecule has 2 saturated heterocycles. The van der Waals surface area contributed by atoms with Gasteiger partial charge in [0.25, 0.3) is 0 Å². The number of halogens is 1. The molecule has 1 aromatic rings. The second kappa shape index (κ2) is 6.44. The van der Waals surface area contributed by atoms with Crippen molar-refractivity contribution in [2.45, 2.75) is 12.8 Å². The van der Waals surface area contributed by atoms with Gasteiger partial charge in [-0.05, 0) is 49.5 Å². The average molecular weight is 324 g/mol. The fraction of sp³-hybridized carbons (Fsp3) is 0.562. The van der Waals surface area contributed by atoms with Gasteiger partial charge in [0.05, 0.1) is 19.3 Å². The molecule has 0 aliphatic carbocycles. The molecule has 0 saturated carbocycles. The molecular formula is C16H22ClN3O2. The van der Waals surface area contributed by atoms with Crippen molar-refractivity contribution in [2.75, 3.05) is 45.2 Å². The molecule has 6 heteroatoms. The first-order valence-electron chi connectivity index (χ1n) is 7.67. The number of rotatable bonds is 4. The predicted octanol–water partition coefficient (Wildman–Crippen LogP) is 1.97. The topological polar surface area (TPSA) is 53.6 Å². The van der Waals surface area contributed by atoms with Gasteiger partial charge in [0, 0.05) is 18.1 Å². The van der Waals surface area contributed by atoms with E-state index in [2.05, 4.69) is 15.5 Å². The highest BCUT2D eigenvalue weighted by molar-refractivity contribution is 6.31. The van der Waals surface area contributed by atoms with Gasteiger partial charge in [-0.25, -0.2) is 0 Å². The number of amides is 1. The maximum Gasteiger partial charge on any atom is 0.238 e. The lowest BCUT2D eigenvalue weighted by Crippen LogP contribution is -2.34. The molecule has 1 amide bonds. The zero-order valence-electron chi connectivity index (χ0n) is 12.8. The van der Waals surface area contributed by atoms with Crippen molar-refractivity contribution in [1.82, 2.24) is 10.2 Å². The third kappa shape index (κ3) is 3.37. The first-order valence-corrected chi connectivity index (χ1v) is 8.05. The van der Waals surface area contributed by atoms with E-state index in [0.717, 1.165) is 26.2 Å². The zero-order chi connectivity index (χ0) is 15.6. The Morgan fingerprint density at radius 3 is 3.09 bits per heavy atom. The first-order chi connectivity index (χ1) is 10.6. The summed E-state index contributed by atoms with van der Waals surface area (Å²) in [6.45, 7) is 4.58. The van der Waals surface area contributed by atoms with Crippen molar-refractivity contribution in [1.29, 1.82) is 0 Å². The van der Waals surface area contributed by atoms with E-state index in [1.807, 2.05) is 0 Å². The standard InChI is InChI=1S/C16H22ClN3O2/c1-22-14-3-2-12(17)8-13(14)19-15(21)9-20-7-5-16(11-20)4-6-18-10-16/h2-3,8,18H,4-7,9-11H2,1H3,(H,19,21). The average Bonchev–Trinajstić information content (AvgIpc) is 3.10. The van der Waals surface area contributed by atoms with Crippen LogP contribution in [0, 0.1) is 5.41 Å². The predicted molar refractivity (Wildman–Crippen MR) is 87.6 cm³/mol. The number of hydrogen-bond donors (Lipinski definition) is 2. The van der Waals surface area contributed by atoms with Gasteiger partial charge >= 0.3 is 0 Å². The van der Waals surface area contributed by atoms with Crippen LogP contribution in [0.3, 0.4) is 0 Å². The molecule has 1 atom stereocenters. The summed E-state index contributed by atoms with van der Waals surface area (Å²) in [4.78, 5) is 14.5. The van der Waals surface area contributed by atoms with Crippen LogP contribution in [-0.2, 0) is 4.79 Å². The van der Waals surface area contributed by atoms with Crippen LogP contribution in [0.15, 0.2) is 18.2 Å². The first kappa shape index (κ1) is 15.6. The minimum atomic E-state index is -0.0245. The maximum atomic E-state index is 12.3. The van der Waals surface area contributed by atoms with Crippen LogP contribution in [0.5, 0.6) is 5.75 Å². The van der Waals surface area contributed by atoms with Gasteiger partial charge in [-0.3, -0.25) is 9.69 Å². The Labute approximate surface area is 136 Å². The molecule has 2 aliphatic heterocycles. The minimum Gasteiger partial charge on any atom is -0.495 e. The molecule has 0 bridgehead atoms. The van der Waals surface area contributed by atoms with Gasteiger partial charge in [-0.15, -0.1) is 0 Å². The number of carbonyl (C=O) groups excluding carboxylic acids is 1. The fourth-order valence-corrected chi connectivity index (χ4v) is 3.65. The number of ether oxygens (including phenoxy) is 1. The Balaban J connectivity index is 1.58. The molecule has 120 valence electrons. The molecular weight excluding hydrogens is 302 g/mol. The summed E-state index contributed by atoms with van der Waals surface area (Å²) in [6.07, 6.45) is 2.39. The monoisotopic (exact) mass is 323 g/mol. The van der Waals surface area contributed by atoms with Crippen molar-refractivity contribution in [3.8, 4) is 5.75 Å². The molecule has 5 nitrogen and oxygen atoms in total. The van der Waals surface area contributed by atoms with E-state index >= 15 is 0 Å². The molecule has 22 heavy (non-hydrogen) atoms. The molecule has 0 radical (unpaired) electrons. The van der Waals surface area contributed by atoms with Crippen LogP contribution in [0.1, 0.15) is 12.8 Å². The summed E-state index contributed by atoms with van der Waals surface area (Å²) in [5, 5.41) is 6.91. The van der Waals surface area contributed by atoms with Gasteiger partial charge in [0.1, 0.15) is 5.75 Å². The smallest absolute Gasteiger partial charge is 0.238 e. The lowest BCUT2D eigenvalue weighted by molar-refractivity contribution is -0.117. The number of nitrogens with zero attached hydrogens (tertiary/aromatic N) is 1. The van der Waals surface area contributed by atoms with Crippen molar-refractivity contribution >= 4 is 23.2 Å². The number of methoxy groups -OCH3 is 1. The van der Waals surface area contributed by atoms with E-state index in [1.54, 1.807) is 25.3 Å².